The van der Waals surface area contributed by atoms with Crippen molar-refractivity contribution in [3.63, 3.8) is 0 Å². The van der Waals surface area contributed by atoms with Gasteiger partial charge >= 0.3 is 0 Å². The number of ether oxygens (including phenoxy) is 1. The van der Waals surface area contributed by atoms with Crippen molar-refractivity contribution in [2.75, 3.05) is 7.11 Å². The Balaban J connectivity index is 2.24. The Bertz CT molecular complexity index is 583. The molecule has 0 amide bonds. The summed E-state index contributed by atoms with van der Waals surface area (Å²) in [6.07, 6.45) is 0.308. The minimum Gasteiger partial charge on any atom is -0.497 e. The highest BCUT2D eigenvalue weighted by Crippen LogP contribution is 2.24. The maximum absolute atomic E-state index is 12.1. The molecule has 0 spiro atoms. The molecule has 6 heteroatoms. The Morgan fingerprint density at radius 3 is 2.89 bits per heavy atom. The number of rotatable bonds is 4. The van der Waals surface area contributed by atoms with Gasteiger partial charge in [0, 0.05) is 10.9 Å². The first-order valence-corrected chi connectivity index (χ1v) is 6.83. The average Bonchev–Trinajstić information content (AvgIpc) is 2.78. The first kappa shape index (κ1) is 13.2. The molecule has 18 heavy (non-hydrogen) atoms. The first-order chi connectivity index (χ1) is 8.61. The van der Waals surface area contributed by atoms with Crippen molar-refractivity contribution >= 4 is 33.2 Å². The molecule has 0 radical (unpaired) electrons. The summed E-state index contributed by atoms with van der Waals surface area (Å²) in [6, 6.07) is 5.57. The summed E-state index contributed by atoms with van der Waals surface area (Å²) in [5, 5.41) is 3.85. The molecule has 1 heterocycles. The second-order valence-corrected chi connectivity index (χ2v) is 5.35. The summed E-state index contributed by atoms with van der Waals surface area (Å²) in [7, 11) is 1.60. The van der Waals surface area contributed by atoms with Crippen LogP contribution < -0.4 is 4.74 Å². The fourth-order valence-corrected chi connectivity index (χ4v) is 2.53. The van der Waals surface area contributed by atoms with Crippen LogP contribution in [0.4, 0.5) is 0 Å². The van der Waals surface area contributed by atoms with Gasteiger partial charge in [-0.25, -0.2) is 0 Å². The van der Waals surface area contributed by atoms with Crippen LogP contribution in [0, 0.1) is 6.92 Å². The quantitative estimate of drug-likeness (QED) is 0.810. The van der Waals surface area contributed by atoms with Crippen LogP contribution in [0.1, 0.15) is 20.9 Å². The van der Waals surface area contributed by atoms with Gasteiger partial charge in [-0.15, -0.1) is 5.10 Å². The largest absolute Gasteiger partial charge is 0.497 e. The minimum absolute atomic E-state index is 0.0245. The molecule has 0 N–H and O–H groups in total. The fraction of sp³-hybridized carbons (Fsp3) is 0.250. The number of aromatic nitrogens is 2. The van der Waals surface area contributed by atoms with Crippen molar-refractivity contribution in [1.82, 2.24) is 9.59 Å². The lowest BCUT2D eigenvalue weighted by Gasteiger charge is -2.06. The molecule has 94 valence electrons. The van der Waals surface area contributed by atoms with Gasteiger partial charge in [-0.3, -0.25) is 4.79 Å². The van der Waals surface area contributed by atoms with Crippen LogP contribution in [-0.2, 0) is 6.42 Å². The Morgan fingerprint density at radius 2 is 2.28 bits per heavy atom. The Morgan fingerprint density at radius 1 is 1.50 bits per heavy atom. The Labute approximate surface area is 117 Å². The lowest BCUT2D eigenvalue weighted by atomic mass is 10.1. The van der Waals surface area contributed by atoms with Crippen molar-refractivity contribution in [3.05, 3.63) is 38.8 Å². The average molecular weight is 327 g/mol. The topological polar surface area (TPSA) is 52.1 Å². The number of hydrogen-bond acceptors (Lipinski definition) is 5. The van der Waals surface area contributed by atoms with Gasteiger partial charge in [0.15, 0.2) is 5.78 Å². The summed E-state index contributed by atoms with van der Waals surface area (Å²) < 4.78 is 9.82. The number of methoxy groups -OCH3 is 1. The van der Waals surface area contributed by atoms with Crippen LogP contribution in [0.5, 0.6) is 5.75 Å². The lowest BCUT2D eigenvalue weighted by molar-refractivity contribution is 0.0996. The highest BCUT2D eigenvalue weighted by Gasteiger charge is 2.15. The third-order valence-electron chi connectivity index (χ3n) is 2.51. The molecule has 0 atom stereocenters. The third kappa shape index (κ3) is 2.76. The van der Waals surface area contributed by atoms with Gasteiger partial charge < -0.3 is 4.74 Å². The number of nitrogens with zero attached hydrogens (tertiary/aromatic N) is 2. The monoisotopic (exact) mass is 326 g/mol. The number of ketones is 1. The molecule has 0 fully saturated rings. The Hall–Kier alpha value is -1.27. The molecule has 4 nitrogen and oxygen atoms in total. The molecular formula is C12H11BrN2O2S. The second-order valence-electron chi connectivity index (χ2n) is 3.74. The summed E-state index contributed by atoms with van der Waals surface area (Å²) in [6.45, 7) is 1.79. The van der Waals surface area contributed by atoms with E-state index in [0.717, 1.165) is 27.3 Å². The van der Waals surface area contributed by atoms with E-state index in [4.69, 9.17) is 4.74 Å². The SMILES string of the molecule is COc1ccc(Br)c(CC(=O)c2snnc2C)c1. The molecule has 0 bridgehead atoms. The van der Waals surface area contributed by atoms with E-state index < -0.39 is 0 Å². The molecule has 0 aliphatic rings. The van der Waals surface area contributed by atoms with Crippen LogP contribution in [-0.4, -0.2) is 22.5 Å². The molecule has 0 aliphatic carbocycles. The van der Waals surface area contributed by atoms with Crippen molar-refractivity contribution in [2.45, 2.75) is 13.3 Å². The molecule has 0 unspecified atom stereocenters. The maximum atomic E-state index is 12.1. The van der Waals surface area contributed by atoms with E-state index in [2.05, 4.69) is 25.5 Å². The second kappa shape index (κ2) is 5.58. The van der Waals surface area contributed by atoms with Crippen molar-refractivity contribution in [1.29, 1.82) is 0 Å². The van der Waals surface area contributed by atoms with Crippen LogP contribution in [0.2, 0.25) is 0 Å². The predicted molar refractivity (Wildman–Crippen MR) is 73.4 cm³/mol. The number of halogens is 1. The van der Waals surface area contributed by atoms with E-state index in [-0.39, 0.29) is 5.78 Å². The summed E-state index contributed by atoms with van der Waals surface area (Å²) in [5.41, 5.74) is 1.58. The number of carbonyl (C=O) groups excluding carboxylic acids is 1. The predicted octanol–water partition coefficient (Wildman–Crippen LogP) is 3.04. The zero-order valence-corrected chi connectivity index (χ0v) is 12.3. The van der Waals surface area contributed by atoms with Crippen LogP contribution in [0.25, 0.3) is 0 Å². The molecule has 1 aromatic heterocycles. The van der Waals surface area contributed by atoms with E-state index in [0.29, 0.717) is 17.0 Å². The van der Waals surface area contributed by atoms with Gasteiger partial charge in [0.05, 0.1) is 12.8 Å². The number of aryl methyl sites for hydroxylation is 1. The standard InChI is InChI=1S/C12H11BrN2O2S/c1-7-12(18-15-14-7)11(16)6-8-5-9(17-2)3-4-10(8)13/h3-5H,6H2,1-2H3. The number of benzene rings is 1. The van der Waals surface area contributed by atoms with E-state index in [1.165, 1.54) is 0 Å². The van der Waals surface area contributed by atoms with E-state index >= 15 is 0 Å². The zero-order chi connectivity index (χ0) is 13.1. The number of carbonyl (C=O) groups is 1. The highest BCUT2D eigenvalue weighted by atomic mass is 79.9. The van der Waals surface area contributed by atoms with E-state index in [1.54, 1.807) is 14.0 Å². The zero-order valence-electron chi connectivity index (χ0n) is 9.94. The van der Waals surface area contributed by atoms with Gasteiger partial charge in [0.2, 0.25) is 0 Å². The number of hydrogen-bond donors (Lipinski definition) is 0. The van der Waals surface area contributed by atoms with Gasteiger partial charge in [-0.05, 0) is 42.2 Å². The molecule has 2 rings (SSSR count). The lowest BCUT2D eigenvalue weighted by Crippen LogP contribution is -2.04. The molecule has 0 saturated carbocycles. The van der Waals surface area contributed by atoms with Crippen LogP contribution >= 0.6 is 27.5 Å². The van der Waals surface area contributed by atoms with Crippen molar-refractivity contribution in [2.24, 2.45) is 0 Å². The molecule has 2 aromatic rings. The molecule has 0 saturated heterocycles. The first-order valence-electron chi connectivity index (χ1n) is 5.26. The van der Waals surface area contributed by atoms with Crippen LogP contribution in [0.3, 0.4) is 0 Å². The van der Waals surface area contributed by atoms with E-state index in [1.807, 2.05) is 18.2 Å². The third-order valence-corrected chi connectivity index (χ3v) is 4.15. The van der Waals surface area contributed by atoms with Gasteiger partial charge in [0.1, 0.15) is 10.6 Å². The summed E-state index contributed by atoms with van der Waals surface area (Å²) >= 11 is 4.57. The smallest absolute Gasteiger partial charge is 0.180 e. The van der Waals surface area contributed by atoms with E-state index in [9.17, 15) is 4.79 Å². The molecule has 1 aromatic carbocycles. The van der Waals surface area contributed by atoms with Crippen molar-refractivity contribution in [3.8, 4) is 5.75 Å². The fourth-order valence-electron chi connectivity index (χ4n) is 1.55. The minimum atomic E-state index is 0.0245. The van der Waals surface area contributed by atoms with Gasteiger partial charge in [0.25, 0.3) is 0 Å². The van der Waals surface area contributed by atoms with Gasteiger partial charge in [-0.2, -0.15) is 0 Å². The number of Topliss-reactive ketones (excluding diaryl/α,β-unsaturated/α-hetero) is 1. The Kier molecular flexibility index (Phi) is 4.08. The summed E-state index contributed by atoms with van der Waals surface area (Å²) in [5.74, 6) is 0.761. The van der Waals surface area contributed by atoms with Crippen molar-refractivity contribution < 1.29 is 9.53 Å². The normalized spacial score (nSPS) is 10.4. The van der Waals surface area contributed by atoms with Crippen LogP contribution in [0.15, 0.2) is 22.7 Å². The molecular weight excluding hydrogens is 316 g/mol. The summed E-state index contributed by atoms with van der Waals surface area (Å²) in [4.78, 5) is 12.7. The van der Waals surface area contributed by atoms with Gasteiger partial charge in [-0.1, -0.05) is 20.4 Å². The highest BCUT2D eigenvalue weighted by molar-refractivity contribution is 9.10. The molecule has 0 aliphatic heterocycles. The maximum Gasteiger partial charge on any atom is 0.180 e.